The van der Waals surface area contributed by atoms with Crippen LogP contribution in [0.4, 0.5) is 0 Å². The number of hydrogen-bond donors (Lipinski definition) is 1. The zero-order valence-corrected chi connectivity index (χ0v) is 10.0. The first-order chi connectivity index (χ1) is 6.24. The van der Waals surface area contributed by atoms with Gasteiger partial charge in [0.2, 0.25) is 0 Å². The van der Waals surface area contributed by atoms with Gasteiger partial charge in [0.05, 0.1) is 5.56 Å². The zero-order chi connectivity index (χ0) is 9.68. The Labute approximate surface area is 94.4 Å². The number of phenolic OH excluding ortho intramolecular Hbond substituents is 1. The van der Waals surface area contributed by atoms with Crippen LogP contribution in [0.3, 0.4) is 0 Å². The molecule has 1 rings (SSSR count). The highest BCUT2D eigenvalue weighted by molar-refractivity contribution is 9.10. The molecule has 1 N–H and O–H groups in total. The molecule has 1 nitrogen and oxygen atoms in total. The van der Waals surface area contributed by atoms with Crippen LogP contribution in [0.1, 0.15) is 12.0 Å². The van der Waals surface area contributed by atoms with Crippen molar-refractivity contribution in [1.82, 2.24) is 0 Å². The maximum atomic E-state index is 9.45. The van der Waals surface area contributed by atoms with Gasteiger partial charge in [0.25, 0.3) is 0 Å². The summed E-state index contributed by atoms with van der Waals surface area (Å²) in [6.45, 7) is 0. The molecule has 13 heavy (non-hydrogen) atoms. The minimum atomic E-state index is 0.219. The number of rotatable bonds is 1. The fourth-order valence-electron chi connectivity index (χ4n) is 0.815. The lowest BCUT2D eigenvalue weighted by Gasteiger charge is -1.96. The van der Waals surface area contributed by atoms with Crippen LogP contribution in [0.15, 0.2) is 22.7 Å². The van der Waals surface area contributed by atoms with Gasteiger partial charge in [-0.15, -0.1) is 0 Å². The Balaban J connectivity index is 2.85. The highest BCUT2D eigenvalue weighted by Crippen LogP contribution is 2.21. The molecule has 0 spiro atoms. The Morgan fingerprint density at radius 3 is 2.77 bits per heavy atom. The predicted molar refractivity (Wildman–Crippen MR) is 61.1 cm³/mol. The van der Waals surface area contributed by atoms with E-state index < -0.39 is 0 Å². The van der Waals surface area contributed by atoms with Crippen molar-refractivity contribution >= 4 is 31.9 Å². The van der Waals surface area contributed by atoms with Gasteiger partial charge in [-0.25, -0.2) is 0 Å². The van der Waals surface area contributed by atoms with Crippen LogP contribution in [0, 0.1) is 11.8 Å². The Kier molecular flexibility index (Phi) is 4.34. The minimum Gasteiger partial charge on any atom is -0.507 e. The van der Waals surface area contributed by atoms with Gasteiger partial charge in [0.15, 0.2) is 0 Å². The quantitative estimate of drug-likeness (QED) is 0.623. The molecule has 0 atom stereocenters. The molecule has 0 aliphatic carbocycles. The summed E-state index contributed by atoms with van der Waals surface area (Å²) >= 11 is 6.54. The third kappa shape index (κ3) is 3.41. The Morgan fingerprint density at radius 2 is 2.15 bits per heavy atom. The van der Waals surface area contributed by atoms with Gasteiger partial charge in [-0.05, 0) is 18.2 Å². The van der Waals surface area contributed by atoms with Gasteiger partial charge in [0.1, 0.15) is 5.75 Å². The molecule has 0 saturated carbocycles. The maximum Gasteiger partial charge on any atom is 0.132 e. The molecule has 1 aromatic rings. The Morgan fingerprint density at radius 1 is 1.38 bits per heavy atom. The summed E-state index contributed by atoms with van der Waals surface area (Å²) < 4.78 is 0.857. The van der Waals surface area contributed by atoms with Crippen molar-refractivity contribution in [2.75, 3.05) is 5.33 Å². The van der Waals surface area contributed by atoms with Crippen molar-refractivity contribution in [1.29, 1.82) is 0 Å². The van der Waals surface area contributed by atoms with E-state index in [9.17, 15) is 5.11 Å². The largest absolute Gasteiger partial charge is 0.507 e. The average Bonchev–Trinajstić information content (AvgIpc) is 2.09. The second kappa shape index (κ2) is 5.31. The summed E-state index contributed by atoms with van der Waals surface area (Å²) in [6.07, 6.45) is 0.787. The molecule has 0 fully saturated rings. The van der Waals surface area contributed by atoms with E-state index in [0.717, 1.165) is 16.2 Å². The van der Waals surface area contributed by atoms with E-state index in [1.807, 2.05) is 6.07 Å². The molecule has 3 heteroatoms. The molecule has 0 aliphatic heterocycles. The number of phenols is 1. The molecule has 0 aromatic heterocycles. The van der Waals surface area contributed by atoms with Crippen molar-refractivity contribution in [3.8, 4) is 17.6 Å². The smallest absolute Gasteiger partial charge is 0.132 e. The van der Waals surface area contributed by atoms with Crippen LogP contribution in [0.2, 0.25) is 0 Å². The normalized spacial score (nSPS) is 9.08. The molecular formula is C10H8Br2O. The number of hydrogen-bond acceptors (Lipinski definition) is 1. The summed E-state index contributed by atoms with van der Waals surface area (Å²) in [5.41, 5.74) is 0.671. The van der Waals surface area contributed by atoms with Crippen LogP contribution < -0.4 is 0 Å². The summed E-state index contributed by atoms with van der Waals surface area (Å²) in [5, 5.41) is 10.3. The molecule has 0 saturated heterocycles. The van der Waals surface area contributed by atoms with E-state index in [0.29, 0.717) is 5.56 Å². The first kappa shape index (κ1) is 10.6. The molecule has 1 aromatic carbocycles. The second-order valence-corrected chi connectivity index (χ2v) is 4.11. The lowest BCUT2D eigenvalue weighted by molar-refractivity contribution is 0.473. The molecule has 0 aliphatic rings. The summed E-state index contributed by atoms with van der Waals surface area (Å²) in [5.74, 6) is 6.05. The van der Waals surface area contributed by atoms with Crippen molar-refractivity contribution < 1.29 is 5.11 Å². The van der Waals surface area contributed by atoms with E-state index >= 15 is 0 Å². The summed E-state index contributed by atoms with van der Waals surface area (Å²) in [6, 6.07) is 5.29. The third-order valence-corrected chi connectivity index (χ3v) is 2.29. The number of alkyl halides is 1. The molecule has 0 unspecified atom stereocenters. The average molecular weight is 304 g/mol. The molecule has 0 bridgehead atoms. The van der Waals surface area contributed by atoms with Crippen molar-refractivity contribution in [2.45, 2.75) is 6.42 Å². The Bertz CT molecular complexity index is 350. The van der Waals surface area contributed by atoms with E-state index in [1.54, 1.807) is 12.1 Å². The summed E-state index contributed by atoms with van der Waals surface area (Å²) in [7, 11) is 0. The molecule has 0 heterocycles. The fraction of sp³-hybridized carbons (Fsp3) is 0.200. The van der Waals surface area contributed by atoms with Crippen molar-refractivity contribution in [3.63, 3.8) is 0 Å². The monoisotopic (exact) mass is 302 g/mol. The van der Waals surface area contributed by atoms with Crippen LogP contribution in [-0.4, -0.2) is 10.4 Å². The topological polar surface area (TPSA) is 20.2 Å². The fourth-order valence-corrected chi connectivity index (χ4v) is 1.36. The molecule has 0 amide bonds. The molecule has 0 radical (unpaired) electrons. The second-order valence-electron chi connectivity index (χ2n) is 2.40. The van der Waals surface area contributed by atoms with E-state index in [1.165, 1.54) is 0 Å². The lowest BCUT2D eigenvalue weighted by Crippen LogP contribution is -1.76. The number of aromatic hydroxyl groups is 1. The van der Waals surface area contributed by atoms with Crippen LogP contribution in [0.25, 0.3) is 0 Å². The number of benzene rings is 1. The number of halogens is 2. The van der Waals surface area contributed by atoms with Gasteiger partial charge < -0.3 is 5.11 Å². The Hall–Kier alpha value is -0.460. The highest BCUT2D eigenvalue weighted by atomic mass is 79.9. The first-order valence-electron chi connectivity index (χ1n) is 3.77. The maximum absolute atomic E-state index is 9.45. The van der Waals surface area contributed by atoms with Gasteiger partial charge in [-0.2, -0.15) is 0 Å². The van der Waals surface area contributed by atoms with Crippen LogP contribution >= 0.6 is 31.9 Å². The highest BCUT2D eigenvalue weighted by Gasteiger charge is 1.96. The van der Waals surface area contributed by atoms with Gasteiger partial charge in [-0.1, -0.05) is 43.7 Å². The predicted octanol–water partition coefficient (Wildman–Crippen LogP) is 3.29. The van der Waals surface area contributed by atoms with Crippen LogP contribution in [-0.2, 0) is 0 Å². The van der Waals surface area contributed by atoms with Crippen molar-refractivity contribution in [3.05, 3.63) is 28.2 Å². The summed E-state index contributed by atoms with van der Waals surface area (Å²) in [4.78, 5) is 0. The van der Waals surface area contributed by atoms with Gasteiger partial charge in [0, 0.05) is 16.2 Å². The standard InChI is InChI=1S/C10H8Br2O/c11-6-2-1-3-8-4-5-9(12)7-10(8)13/h4-5,7,13H,2,6H2. The van der Waals surface area contributed by atoms with Gasteiger partial charge in [-0.3, -0.25) is 0 Å². The van der Waals surface area contributed by atoms with Gasteiger partial charge >= 0.3 is 0 Å². The minimum absolute atomic E-state index is 0.219. The lowest BCUT2D eigenvalue weighted by atomic mass is 10.2. The third-order valence-electron chi connectivity index (χ3n) is 1.40. The first-order valence-corrected chi connectivity index (χ1v) is 5.69. The van der Waals surface area contributed by atoms with Crippen molar-refractivity contribution in [2.24, 2.45) is 0 Å². The van der Waals surface area contributed by atoms with Crippen LogP contribution in [0.5, 0.6) is 5.75 Å². The zero-order valence-electron chi connectivity index (χ0n) is 6.85. The molecular weight excluding hydrogens is 296 g/mol. The van der Waals surface area contributed by atoms with E-state index in [-0.39, 0.29) is 5.75 Å². The SMILES string of the molecule is Oc1cc(Br)ccc1C#CCCBr. The van der Waals surface area contributed by atoms with E-state index in [2.05, 4.69) is 43.7 Å². The molecule has 68 valence electrons. The van der Waals surface area contributed by atoms with E-state index in [4.69, 9.17) is 0 Å².